The Balaban J connectivity index is 2.45. The molecule has 0 spiro atoms. The summed E-state index contributed by atoms with van der Waals surface area (Å²) in [6.45, 7) is 5.83. The highest BCUT2D eigenvalue weighted by Crippen LogP contribution is 2.12. The highest BCUT2D eigenvalue weighted by atomic mass is 16.5. The third-order valence-electron chi connectivity index (χ3n) is 2.19. The van der Waals surface area contributed by atoms with E-state index in [0.717, 1.165) is 25.0 Å². The molecule has 3 heteroatoms. The molecule has 0 radical (unpaired) electrons. The van der Waals surface area contributed by atoms with Crippen molar-refractivity contribution in [3.8, 4) is 0 Å². The quantitative estimate of drug-likeness (QED) is 0.412. The van der Waals surface area contributed by atoms with Gasteiger partial charge in [0.1, 0.15) is 18.1 Å². The first kappa shape index (κ1) is 13.3. The van der Waals surface area contributed by atoms with Crippen LogP contribution in [0.4, 0.5) is 0 Å². The number of furan rings is 1. The summed E-state index contributed by atoms with van der Waals surface area (Å²) in [4.78, 5) is 11.2. The average molecular weight is 234 g/mol. The van der Waals surface area contributed by atoms with Crippen LogP contribution in [0.1, 0.15) is 31.3 Å². The lowest BCUT2D eigenvalue weighted by Gasteiger charge is -1.95. The largest absolute Gasteiger partial charge is 0.462 e. The van der Waals surface area contributed by atoms with Crippen molar-refractivity contribution in [2.75, 3.05) is 6.61 Å². The third kappa shape index (κ3) is 5.20. The summed E-state index contributed by atoms with van der Waals surface area (Å²) in [6.07, 6.45) is 7.68. The number of hydrogen-bond donors (Lipinski definition) is 0. The van der Waals surface area contributed by atoms with Crippen molar-refractivity contribution >= 4 is 12.0 Å². The predicted molar refractivity (Wildman–Crippen MR) is 67.5 cm³/mol. The average Bonchev–Trinajstić information content (AvgIpc) is 2.79. The Morgan fingerprint density at radius 2 is 2.35 bits per heavy atom. The van der Waals surface area contributed by atoms with Gasteiger partial charge in [0.25, 0.3) is 0 Å². The SMILES string of the molecule is C=CCOC(=O)/C=C/c1ccc(CCCC)o1. The lowest BCUT2D eigenvalue weighted by Crippen LogP contribution is -1.99. The van der Waals surface area contributed by atoms with Crippen LogP contribution in [0.5, 0.6) is 0 Å². The number of hydrogen-bond acceptors (Lipinski definition) is 3. The van der Waals surface area contributed by atoms with Crippen molar-refractivity contribution in [3.05, 3.63) is 42.4 Å². The molecule has 0 N–H and O–H groups in total. The fourth-order valence-electron chi connectivity index (χ4n) is 1.31. The molecule has 1 aromatic rings. The van der Waals surface area contributed by atoms with E-state index in [-0.39, 0.29) is 6.61 Å². The summed E-state index contributed by atoms with van der Waals surface area (Å²) in [5.41, 5.74) is 0. The molecular weight excluding hydrogens is 216 g/mol. The Hall–Kier alpha value is -1.77. The normalized spacial score (nSPS) is 10.6. The molecule has 0 unspecified atom stereocenters. The number of ether oxygens (including phenoxy) is 1. The summed E-state index contributed by atoms with van der Waals surface area (Å²) < 4.78 is 10.3. The van der Waals surface area contributed by atoms with Gasteiger partial charge in [-0.25, -0.2) is 4.79 Å². The van der Waals surface area contributed by atoms with Crippen molar-refractivity contribution in [1.29, 1.82) is 0 Å². The molecule has 1 aromatic heterocycles. The maximum atomic E-state index is 11.2. The molecule has 0 fully saturated rings. The van der Waals surface area contributed by atoms with Crippen LogP contribution in [-0.4, -0.2) is 12.6 Å². The summed E-state index contributed by atoms with van der Waals surface area (Å²) in [5.74, 6) is 1.23. The van der Waals surface area contributed by atoms with Gasteiger partial charge in [-0.3, -0.25) is 0 Å². The van der Waals surface area contributed by atoms with E-state index >= 15 is 0 Å². The van der Waals surface area contributed by atoms with E-state index in [2.05, 4.69) is 13.5 Å². The van der Waals surface area contributed by atoms with Gasteiger partial charge in [-0.2, -0.15) is 0 Å². The summed E-state index contributed by atoms with van der Waals surface area (Å²) in [7, 11) is 0. The van der Waals surface area contributed by atoms with Crippen molar-refractivity contribution in [2.24, 2.45) is 0 Å². The van der Waals surface area contributed by atoms with E-state index in [9.17, 15) is 4.79 Å². The van der Waals surface area contributed by atoms with Crippen LogP contribution >= 0.6 is 0 Å². The van der Waals surface area contributed by atoms with Gasteiger partial charge < -0.3 is 9.15 Å². The molecule has 1 heterocycles. The van der Waals surface area contributed by atoms with Crippen molar-refractivity contribution in [1.82, 2.24) is 0 Å². The van der Waals surface area contributed by atoms with Crippen LogP contribution < -0.4 is 0 Å². The molecule has 0 bridgehead atoms. The molecule has 1 rings (SSSR count). The molecule has 17 heavy (non-hydrogen) atoms. The fourth-order valence-corrected chi connectivity index (χ4v) is 1.31. The minimum atomic E-state index is -0.392. The topological polar surface area (TPSA) is 39.4 Å². The standard InChI is InChI=1S/C14H18O3/c1-3-5-6-12-7-8-13(17-12)9-10-14(15)16-11-4-2/h4,7-10H,2-3,5-6,11H2,1H3/b10-9+. The highest BCUT2D eigenvalue weighted by Gasteiger charge is 2.00. The van der Waals surface area contributed by atoms with Crippen LogP contribution in [0, 0.1) is 0 Å². The first-order chi connectivity index (χ1) is 8.26. The van der Waals surface area contributed by atoms with Crippen LogP contribution in [-0.2, 0) is 16.0 Å². The minimum absolute atomic E-state index is 0.225. The van der Waals surface area contributed by atoms with Gasteiger partial charge in [-0.1, -0.05) is 26.0 Å². The summed E-state index contributed by atoms with van der Waals surface area (Å²) in [6, 6.07) is 3.78. The van der Waals surface area contributed by atoms with Gasteiger partial charge >= 0.3 is 5.97 Å². The van der Waals surface area contributed by atoms with Gasteiger partial charge in [0, 0.05) is 12.5 Å². The molecule has 0 aliphatic rings. The second-order valence-corrected chi connectivity index (χ2v) is 3.66. The van der Waals surface area contributed by atoms with Crippen LogP contribution in [0.25, 0.3) is 6.08 Å². The lowest BCUT2D eigenvalue weighted by atomic mass is 10.2. The smallest absolute Gasteiger partial charge is 0.331 e. The van der Waals surface area contributed by atoms with Gasteiger partial charge in [0.2, 0.25) is 0 Å². The molecule has 0 aliphatic heterocycles. The first-order valence-corrected chi connectivity index (χ1v) is 5.80. The van der Waals surface area contributed by atoms with Gasteiger partial charge in [-0.05, 0) is 24.6 Å². The van der Waals surface area contributed by atoms with Crippen LogP contribution in [0.15, 0.2) is 35.3 Å². The first-order valence-electron chi connectivity index (χ1n) is 5.80. The number of unbranched alkanes of at least 4 members (excludes halogenated alkanes) is 1. The zero-order chi connectivity index (χ0) is 12.5. The number of carbonyl (C=O) groups is 1. The van der Waals surface area contributed by atoms with Crippen LogP contribution in [0.3, 0.4) is 0 Å². The molecule has 0 aromatic carbocycles. The van der Waals surface area contributed by atoms with Crippen molar-refractivity contribution in [2.45, 2.75) is 26.2 Å². The van der Waals surface area contributed by atoms with E-state index in [0.29, 0.717) is 5.76 Å². The van der Waals surface area contributed by atoms with E-state index in [1.807, 2.05) is 12.1 Å². The Labute approximate surface area is 102 Å². The molecule has 0 aliphatic carbocycles. The monoisotopic (exact) mass is 234 g/mol. The molecular formula is C14H18O3. The third-order valence-corrected chi connectivity index (χ3v) is 2.19. The summed E-state index contributed by atoms with van der Waals surface area (Å²) in [5, 5.41) is 0. The predicted octanol–water partition coefficient (Wildman–Crippen LogP) is 3.36. The fraction of sp³-hybridized carbons (Fsp3) is 0.357. The van der Waals surface area contributed by atoms with E-state index in [1.54, 1.807) is 6.08 Å². The molecule has 0 atom stereocenters. The van der Waals surface area contributed by atoms with Crippen molar-refractivity contribution in [3.63, 3.8) is 0 Å². The Bertz CT molecular complexity index is 388. The molecule has 3 nitrogen and oxygen atoms in total. The van der Waals surface area contributed by atoms with Gasteiger partial charge in [0.15, 0.2) is 0 Å². The van der Waals surface area contributed by atoms with E-state index in [4.69, 9.17) is 9.15 Å². The van der Waals surface area contributed by atoms with E-state index < -0.39 is 5.97 Å². The highest BCUT2D eigenvalue weighted by molar-refractivity contribution is 5.86. The summed E-state index contributed by atoms with van der Waals surface area (Å²) >= 11 is 0. The number of aryl methyl sites for hydroxylation is 1. The maximum absolute atomic E-state index is 11.2. The maximum Gasteiger partial charge on any atom is 0.331 e. The molecule has 0 amide bonds. The lowest BCUT2D eigenvalue weighted by molar-refractivity contribution is -0.136. The second kappa shape index (κ2) is 7.49. The van der Waals surface area contributed by atoms with Crippen LogP contribution in [0.2, 0.25) is 0 Å². The van der Waals surface area contributed by atoms with Crippen molar-refractivity contribution < 1.29 is 13.9 Å². The minimum Gasteiger partial charge on any atom is -0.462 e. The zero-order valence-electron chi connectivity index (χ0n) is 10.1. The number of carbonyl (C=O) groups excluding carboxylic acids is 1. The number of rotatable bonds is 7. The Morgan fingerprint density at radius 3 is 3.06 bits per heavy atom. The molecule has 0 saturated heterocycles. The molecule has 0 saturated carbocycles. The number of esters is 1. The van der Waals surface area contributed by atoms with E-state index in [1.165, 1.54) is 12.2 Å². The zero-order valence-corrected chi connectivity index (χ0v) is 10.1. The van der Waals surface area contributed by atoms with Gasteiger partial charge in [0.05, 0.1) is 0 Å². The molecule has 92 valence electrons. The Morgan fingerprint density at radius 1 is 1.53 bits per heavy atom. The Kier molecular flexibility index (Phi) is 5.86. The second-order valence-electron chi connectivity index (χ2n) is 3.66. The van der Waals surface area contributed by atoms with Gasteiger partial charge in [-0.15, -0.1) is 0 Å².